The Hall–Kier alpha value is -2.83. The smallest absolute Gasteiger partial charge is 0.256 e. The molecule has 6 nitrogen and oxygen atoms in total. The highest BCUT2D eigenvalue weighted by Gasteiger charge is 2.31. The van der Waals surface area contributed by atoms with Crippen molar-refractivity contribution in [1.29, 1.82) is 0 Å². The number of carbonyl (C=O) groups excluding carboxylic acids is 2. The van der Waals surface area contributed by atoms with Gasteiger partial charge >= 0.3 is 0 Å². The predicted molar refractivity (Wildman–Crippen MR) is 98.8 cm³/mol. The van der Waals surface area contributed by atoms with E-state index in [4.69, 9.17) is 0 Å². The van der Waals surface area contributed by atoms with E-state index in [0.717, 1.165) is 19.3 Å². The van der Waals surface area contributed by atoms with E-state index in [2.05, 4.69) is 9.97 Å². The zero-order chi connectivity index (χ0) is 19.6. The first kappa shape index (κ1) is 18.9. The highest BCUT2D eigenvalue weighted by atomic mass is 19.1. The van der Waals surface area contributed by atoms with Crippen LogP contribution in [-0.4, -0.2) is 52.2 Å². The summed E-state index contributed by atoms with van der Waals surface area (Å²) in [6, 6.07) is 5.31. The summed E-state index contributed by atoms with van der Waals surface area (Å²) in [5.74, 6) is -0.142. The summed E-state index contributed by atoms with van der Waals surface area (Å²) in [6.45, 7) is 2.37. The molecular formula is C20H23FN4O2. The molecule has 0 saturated carbocycles. The van der Waals surface area contributed by atoms with Gasteiger partial charge in [0.15, 0.2) is 5.82 Å². The lowest BCUT2D eigenvalue weighted by Crippen LogP contribution is -2.39. The third kappa shape index (κ3) is 3.97. The highest BCUT2D eigenvalue weighted by molar-refractivity contribution is 5.95. The van der Waals surface area contributed by atoms with Gasteiger partial charge in [-0.25, -0.2) is 14.4 Å². The first-order valence-electron chi connectivity index (χ1n) is 9.00. The van der Waals surface area contributed by atoms with E-state index >= 15 is 0 Å². The fourth-order valence-electron chi connectivity index (χ4n) is 3.30. The molecule has 1 aromatic carbocycles. The van der Waals surface area contributed by atoms with Gasteiger partial charge in [-0.3, -0.25) is 9.59 Å². The average Bonchev–Trinajstić information content (AvgIpc) is 2.67. The molecule has 2 heterocycles. The lowest BCUT2D eigenvalue weighted by Gasteiger charge is -2.35. The van der Waals surface area contributed by atoms with Crippen LogP contribution in [0.3, 0.4) is 0 Å². The molecule has 0 bridgehead atoms. The maximum atomic E-state index is 13.2. The predicted octanol–water partition coefficient (Wildman–Crippen LogP) is 2.99. The second kappa shape index (κ2) is 7.82. The molecule has 2 amide bonds. The fraction of sp³-hybridized carbons (Fsp3) is 0.400. The third-order valence-corrected chi connectivity index (χ3v) is 4.79. The van der Waals surface area contributed by atoms with Crippen molar-refractivity contribution in [3.05, 3.63) is 58.9 Å². The van der Waals surface area contributed by atoms with E-state index < -0.39 is 0 Å². The number of rotatable bonds is 3. The van der Waals surface area contributed by atoms with E-state index in [9.17, 15) is 14.0 Å². The second-order valence-corrected chi connectivity index (χ2v) is 6.94. The first-order chi connectivity index (χ1) is 12.9. The van der Waals surface area contributed by atoms with Crippen molar-refractivity contribution >= 4 is 11.8 Å². The molecule has 1 fully saturated rings. The van der Waals surface area contributed by atoms with Gasteiger partial charge in [-0.05, 0) is 50.5 Å². The van der Waals surface area contributed by atoms with Crippen LogP contribution in [0.1, 0.15) is 57.5 Å². The number of benzene rings is 1. The Labute approximate surface area is 158 Å². The number of aromatic nitrogens is 2. The number of aryl methyl sites for hydroxylation is 1. The van der Waals surface area contributed by atoms with E-state index in [1.807, 2.05) is 0 Å². The summed E-state index contributed by atoms with van der Waals surface area (Å²) >= 11 is 0. The van der Waals surface area contributed by atoms with Gasteiger partial charge in [0.05, 0.1) is 17.3 Å². The molecule has 0 aliphatic carbocycles. The van der Waals surface area contributed by atoms with Gasteiger partial charge < -0.3 is 9.80 Å². The lowest BCUT2D eigenvalue weighted by atomic mass is 9.99. The minimum absolute atomic E-state index is 0.151. The average molecular weight is 370 g/mol. The van der Waals surface area contributed by atoms with Crippen molar-refractivity contribution in [2.24, 2.45) is 0 Å². The minimum Gasteiger partial charge on any atom is -0.345 e. The molecule has 7 heteroatoms. The number of likely N-dealkylation sites (tertiary alicyclic amines) is 1. The summed E-state index contributed by atoms with van der Waals surface area (Å²) in [6.07, 6.45) is 4.17. The van der Waals surface area contributed by atoms with Gasteiger partial charge in [-0.1, -0.05) is 0 Å². The van der Waals surface area contributed by atoms with Gasteiger partial charge in [0.1, 0.15) is 5.82 Å². The molecule has 0 N–H and O–H groups in total. The maximum Gasteiger partial charge on any atom is 0.256 e. The molecule has 1 atom stereocenters. The maximum absolute atomic E-state index is 13.2. The Kier molecular flexibility index (Phi) is 5.48. The van der Waals surface area contributed by atoms with Crippen LogP contribution in [0.15, 0.2) is 30.5 Å². The monoisotopic (exact) mass is 370 g/mol. The van der Waals surface area contributed by atoms with Crippen LogP contribution in [0.5, 0.6) is 0 Å². The van der Waals surface area contributed by atoms with Crippen LogP contribution >= 0.6 is 0 Å². The van der Waals surface area contributed by atoms with Gasteiger partial charge in [-0.15, -0.1) is 0 Å². The molecule has 1 aliphatic heterocycles. The first-order valence-corrected chi connectivity index (χ1v) is 9.00. The summed E-state index contributed by atoms with van der Waals surface area (Å²) in [4.78, 5) is 37.3. The Morgan fingerprint density at radius 2 is 1.89 bits per heavy atom. The molecule has 1 aromatic heterocycles. The highest BCUT2D eigenvalue weighted by Crippen LogP contribution is 2.30. The molecule has 1 saturated heterocycles. The van der Waals surface area contributed by atoms with Crippen molar-refractivity contribution < 1.29 is 14.0 Å². The normalized spacial score (nSPS) is 16.9. The quantitative estimate of drug-likeness (QED) is 0.833. The molecule has 2 aromatic rings. The van der Waals surface area contributed by atoms with Crippen LogP contribution in [0.25, 0.3) is 0 Å². The van der Waals surface area contributed by atoms with Crippen molar-refractivity contribution in [2.45, 2.75) is 32.2 Å². The zero-order valence-electron chi connectivity index (χ0n) is 15.8. The number of halogens is 1. The van der Waals surface area contributed by atoms with Crippen LogP contribution < -0.4 is 0 Å². The Balaban J connectivity index is 1.89. The van der Waals surface area contributed by atoms with Crippen molar-refractivity contribution in [2.75, 3.05) is 20.6 Å². The number of carbonyl (C=O) groups is 2. The molecule has 0 radical (unpaired) electrons. The van der Waals surface area contributed by atoms with Crippen LogP contribution in [0.2, 0.25) is 0 Å². The van der Waals surface area contributed by atoms with Gasteiger partial charge in [0, 0.05) is 32.4 Å². The largest absolute Gasteiger partial charge is 0.345 e. The molecule has 27 heavy (non-hydrogen) atoms. The van der Waals surface area contributed by atoms with Gasteiger partial charge in [0.25, 0.3) is 11.8 Å². The number of hydrogen-bond acceptors (Lipinski definition) is 4. The Morgan fingerprint density at radius 1 is 1.19 bits per heavy atom. The second-order valence-electron chi connectivity index (χ2n) is 6.94. The van der Waals surface area contributed by atoms with Gasteiger partial charge in [-0.2, -0.15) is 0 Å². The molecule has 1 aliphatic rings. The van der Waals surface area contributed by atoms with Crippen LogP contribution in [0.4, 0.5) is 4.39 Å². The summed E-state index contributed by atoms with van der Waals surface area (Å²) in [7, 11) is 3.36. The van der Waals surface area contributed by atoms with Gasteiger partial charge in [0.2, 0.25) is 0 Å². The molecule has 0 unspecified atom stereocenters. The fourth-order valence-corrected chi connectivity index (χ4v) is 3.30. The molecule has 3 rings (SSSR count). The van der Waals surface area contributed by atoms with Crippen LogP contribution in [-0.2, 0) is 0 Å². The summed E-state index contributed by atoms with van der Waals surface area (Å²) < 4.78 is 13.2. The topological polar surface area (TPSA) is 66.4 Å². The zero-order valence-corrected chi connectivity index (χ0v) is 15.8. The Morgan fingerprint density at radius 3 is 2.52 bits per heavy atom. The van der Waals surface area contributed by atoms with E-state index in [0.29, 0.717) is 29.2 Å². The van der Waals surface area contributed by atoms with Crippen molar-refractivity contribution in [3.63, 3.8) is 0 Å². The third-order valence-electron chi connectivity index (χ3n) is 4.79. The van der Waals surface area contributed by atoms with Crippen molar-refractivity contribution in [1.82, 2.24) is 19.8 Å². The number of piperidine rings is 1. The standard InChI is InChI=1S/C20H23FN4O2/c1-13-16(20(27)24(2)3)12-22-18(23-13)17-6-4-5-11-25(17)19(26)14-7-9-15(21)10-8-14/h7-10,12,17H,4-6,11H2,1-3H3/t17-/m1/s1. The van der Waals surface area contributed by atoms with Crippen molar-refractivity contribution in [3.8, 4) is 0 Å². The number of hydrogen-bond donors (Lipinski definition) is 0. The van der Waals surface area contributed by atoms with E-state index in [1.165, 1.54) is 35.4 Å². The summed E-state index contributed by atoms with van der Waals surface area (Å²) in [5, 5.41) is 0. The number of amides is 2. The number of nitrogens with zero attached hydrogens (tertiary/aromatic N) is 4. The lowest BCUT2D eigenvalue weighted by molar-refractivity contribution is 0.0598. The summed E-state index contributed by atoms with van der Waals surface area (Å²) in [5.41, 5.74) is 1.49. The molecule has 142 valence electrons. The SMILES string of the molecule is Cc1nc([C@H]2CCCCN2C(=O)c2ccc(F)cc2)ncc1C(=O)N(C)C. The molecular weight excluding hydrogens is 347 g/mol. The Bertz CT molecular complexity index is 852. The van der Waals surface area contributed by atoms with Crippen LogP contribution in [0, 0.1) is 12.7 Å². The van der Waals surface area contributed by atoms with E-state index in [1.54, 1.807) is 25.9 Å². The van der Waals surface area contributed by atoms with E-state index in [-0.39, 0.29) is 23.7 Å². The molecule has 0 spiro atoms. The minimum atomic E-state index is -0.373.